The first-order valence-electron chi connectivity index (χ1n) is 7.73. The van der Waals surface area contributed by atoms with Gasteiger partial charge >= 0.3 is 5.97 Å². The molecule has 0 saturated carbocycles. The van der Waals surface area contributed by atoms with Crippen molar-refractivity contribution in [2.45, 2.75) is 12.8 Å². The number of nitrogens with one attached hydrogen (secondary N) is 1. The van der Waals surface area contributed by atoms with E-state index in [0.717, 1.165) is 12.1 Å². The van der Waals surface area contributed by atoms with Crippen LogP contribution in [0.4, 0.5) is 10.1 Å². The first kappa shape index (κ1) is 18.0. The van der Waals surface area contributed by atoms with Crippen LogP contribution in [0.3, 0.4) is 0 Å². The van der Waals surface area contributed by atoms with Gasteiger partial charge in [-0.05, 0) is 30.3 Å². The Hall–Kier alpha value is -3.82. The van der Waals surface area contributed by atoms with E-state index in [0.29, 0.717) is 5.69 Å². The van der Waals surface area contributed by atoms with Crippen molar-refractivity contribution in [3.8, 4) is 17.3 Å². The number of rotatable bonds is 6. The summed E-state index contributed by atoms with van der Waals surface area (Å²) in [6.07, 6.45) is 1.29. The number of hydrogen-bond acceptors (Lipinski definition) is 7. The number of carbonyl (C=O) groups excluding carboxylic acids is 1. The van der Waals surface area contributed by atoms with Gasteiger partial charge in [0, 0.05) is 12.8 Å². The lowest BCUT2D eigenvalue weighted by atomic mass is 10.1. The summed E-state index contributed by atoms with van der Waals surface area (Å²) in [6.45, 7) is 0. The van der Waals surface area contributed by atoms with Gasteiger partial charge in [0.2, 0.25) is 17.6 Å². The van der Waals surface area contributed by atoms with E-state index in [2.05, 4.69) is 20.4 Å². The molecular formula is C17H13FN4O5. The smallest absolute Gasteiger partial charge is 0.337 e. The standard InChI is InChI=1S/C17H13FN4O5/c18-9-1-3-12(11(7-9)17(25)26)20-14(24)5-6-15-21-16(22-27-15)13-4-2-10(23)8-19-13/h1-4,7-8,23H,5-6H2,(H,20,24)(H,25,26). The van der Waals surface area contributed by atoms with Gasteiger partial charge in [-0.25, -0.2) is 14.2 Å². The van der Waals surface area contributed by atoms with Crippen molar-refractivity contribution < 1.29 is 28.7 Å². The number of amides is 1. The summed E-state index contributed by atoms with van der Waals surface area (Å²) in [7, 11) is 0. The molecule has 0 aliphatic heterocycles. The van der Waals surface area contributed by atoms with Crippen LogP contribution in [0.5, 0.6) is 5.75 Å². The van der Waals surface area contributed by atoms with Crippen molar-refractivity contribution in [3.63, 3.8) is 0 Å². The van der Waals surface area contributed by atoms with Crippen molar-refractivity contribution in [1.29, 1.82) is 0 Å². The summed E-state index contributed by atoms with van der Waals surface area (Å²) in [4.78, 5) is 31.2. The van der Waals surface area contributed by atoms with Crippen LogP contribution in [0.25, 0.3) is 11.5 Å². The summed E-state index contributed by atoms with van der Waals surface area (Å²) in [5.41, 5.74) is 0.0416. The fourth-order valence-electron chi connectivity index (χ4n) is 2.21. The van der Waals surface area contributed by atoms with Gasteiger partial charge in [0.1, 0.15) is 17.3 Å². The van der Waals surface area contributed by atoms with Crippen LogP contribution in [0.2, 0.25) is 0 Å². The SMILES string of the molecule is O=C(CCc1nc(-c2ccc(O)cn2)no1)Nc1ccc(F)cc1C(=O)O. The number of benzene rings is 1. The van der Waals surface area contributed by atoms with Crippen molar-refractivity contribution in [3.05, 3.63) is 53.8 Å². The minimum Gasteiger partial charge on any atom is -0.506 e. The molecule has 138 valence electrons. The van der Waals surface area contributed by atoms with Gasteiger partial charge < -0.3 is 20.1 Å². The molecule has 27 heavy (non-hydrogen) atoms. The van der Waals surface area contributed by atoms with Gasteiger partial charge in [-0.15, -0.1) is 0 Å². The number of aromatic carboxylic acids is 1. The zero-order chi connectivity index (χ0) is 19.4. The maximum atomic E-state index is 13.2. The molecule has 0 radical (unpaired) electrons. The largest absolute Gasteiger partial charge is 0.506 e. The van der Waals surface area contributed by atoms with Crippen LogP contribution in [-0.4, -0.2) is 37.2 Å². The number of anilines is 1. The Morgan fingerprint density at radius 2 is 2.04 bits per heavy atom. The Labute approximate surface area is 151 Å². The molecule has 3 N–H and O–H groups in total. The Kier molecular flexibility index (Phi) is 5.06. The lowest BCUT2D eigenvalue weighted by Crippen LogP contribution is -2.15. The Morgan fingerprint density at radius 1 is 1.22 bits per heavy atom. The summed E-state index contributed by atoms with van der Waals surface area (Å²) in [6, 6.07) is 6.00. The number of aryl methyl sites for hydroxylation is 1. The zero-order valence-corrected chi connectivity index (χ0v) is 13.7. The van der Waals surface area contributed by atoms with E-state index in [-0.39, 0.29) is 41.6 Å². The van der Waals surface area contributed by atoms with Gasteiger partial charge in [0.25, 0.3) is 0 Å². The first-order chi connectivity index (χ1) is 12.9. The van der Waals surface area contributed by atoms with Crippen LogP contribution in [0, 0.1) is 5.82 Å². The molecule has 0 spiro atoms. The number of nitrogens with zero attached hydrogens (tertiary/aromatic N) is 3. The van der Waals surface area contributed by atoms with Gasteiger partial charge in [0.05, 0.1) is 17.4 Å². The second-order valence-corrected chi connectivity index (χ2v) is 5.46. The third-order valence-electron chi connectivity index (χ3n) is 3.50. The number of halogens is 1. The molecule has 0 bridgehead atoms. The Morgan fingerprint density at radius 3 is 2.74 bits per heavy atom. The van der Waals surface area contributed by atoms with E-state index in [1.54, 1.807) is 0 Å². The highest BCUT2D eigenvalue weighted by Crippen LogP contribution is 2.19. The van der Waals surface area contributed by atoms with Crippen LogP contribution in [0.1, 0.15) is 22.7 Å². The molecule has 2 aromatic heterocycles. The quantitative estimate of drug-likeness (QED) is 0.599. The predicted molar refractivity (Wildman–Crippen MR) is 89.5 cm³/mol. The number of pyridine rings is 1. The molecule has 2 heterocycles. The number of aromatic hydroxyl groups is 1. The van der Waals surface area contributed by atoms with Crippen LogP contribution < -0.4 is 5.32 Å². The summed E-state index contributed by atoms with van der Waals surface area (Å²) >= 11 is 0. The molecule has 3 aromatic rings. The fourth-order valence-corrected chi connectivity index (χ4v) is 2.21. The van der Waals surface area contributed by atoms with Crippen LogP contribution in [0.15, 0.2) is 41.1 Å². The second-order valence-electron chi connectivity index (χ2n) is 5.46. The molecule has 0 unspecified atom stereocenters. The van der Waals surface area contributed by atoms with E-state index < -0.39 is 17.7 Å². The molecule has 0 atom stereocenters. The van der Waals surface area contributed by atoms with E-state index in [4.69, 9.17) is 9.63 Å². The van der Waals surface area contributed by atoms with Crippen molar-refractivity contribution in [1.82, 2.24) is 15.1 Å². The average Bonchev–Trinajstić information content (AvgIpc) is 3.11. The molecule has 1 amide bonds. The van der Waals surface area contributed by atoms with E-state index in [9.17, 15) is 19.1 Å². The topological polar surface area (TPSA) is 138 Å². The monoisotopic (exact) mass is 372 g/mol. The number of aromatic nitrogens is 3. The molecular weight excluding hydrogens is 359 g/mol. The number of carboxylic acids is 1. The van der Waals surface area contributed by atoms with Crippen molar-refractivity contribution in [2.24, 2.45) is 0 Å². The zero-order valence-electron chi connectivity index (χ0n) is 13.7. The minimum atomic E-state index is -1.35. The lowest BCUT2D eigenvalue weighted by Gasteiger charge is -2.07. The lowest BCUT2D eigenvalue weighted by molar-refractivity contribution is -0.116. The molecule has 1 aromatic carbocycles. The molecule has 10 heteroatoms. The highest BCUT2D eigenvalue weighted by Gasteiger charge is 2.15. The average molecular weight is 372 g/mol. The highest BCUT2D eigenvalue weighted by atomic mass is 19.1. The number of hydrogen-bond donors (Lipinski definition) is 3. The predicted octanol–water partition coefficient (Wildman–Crippen LogP) is 2.25. The highest BCUT2D eigenvalue weighted by molar-refractivity contribution is 6.00. The summed E-state index contributed by atoms with van der Waals surface area (Å²) in [5.74, 6) is -2.17. The van der Waals surface area contributed by atoms with Crippen LogP contribution in [-0.2, 0) is 11.2 Å². The van der Waals surface area contributed by atoms with Crippen LogP contribution >= 0.6 is 0 Å². The second kappa shape index (κ2) is 7.60. The van der Waals surface area contributed by atoms with Gasteiger partial charge in [-0.1, -0.05) is 5.16 Å². The first-order valence-corrected chi connectivity index (χ1v) is 7.73. The maximum absolute atomic E-state index is 13.2. The van der Waals surface area contributed by atoms with Gasteiger partial charge in [-0.3, -0.25) is 4.79 Å². The summed E-state index contributed by atoms with van der Waals surface area (Å²) < 4.78 is 18.2. The molecule has 0 aliphatic carbocycles. The maximum Gasteiger partial charge on any atom is 0.337 e. The van der Waals surface area contributed by atoms with E-state index in [1.165, 1.54) is 24.4 Å². The van der Waals surface area contributed by atoms with E-state index in [1.807, 2.05) is 0 Å². The molecule has 0 saturated heterocycles. The normalized spacial score (nSPS) is 10.6. The van der Waals surface area contributed by atoms with E-state index >= 15 is 0 Å². The third-order valence-corrected chi connectivity index (χ3v) is 3.50. The number of carboxylic acid groups (broad SMARTS) is 1. The fraction of sp³-hybridized carbons (Fsp3) is 0.118. The molecule has 9 nitrogen and oxygen atoms in total. The minimum absolute atomic E-state index is 0.000614. The molecule has 3 rings (SSSR count). The third kappa shape index (κ3) is 4.42. The summed E-state index contributed by atoms with van der Waals surface area (Å²) in [5, 5.41) is 24.4. The van der Waals surface area contributed by atoms with Crippen molar-refractivity contribution in [2.75, 3.05) is 5.32 Å². The number of carbonyl (C=O) groups is 2. The Balaban J connectivity index is 1.62. The van der Waals surface area contributed by atoms with Crippen molar-refractivity contribution >= 4 is 17.6 Å². The molecule has 0 aliphatic rings. The van der Waals surface area contributed by atoms with Gasteiger partial charge in [-0.2, -0.15) is 4.98 Å². The Bertz CT molecular complexity index is 987. The molecule has 0 fully saturated rings. The van der Waals surface area contributed by atoms with Gasteiger partial charge in [0.15, 0.2) is 0 Å².